The second kappa shape index (κ2) is 8.74. The minimum absolute atomic E-state index is 0.338. The number of fused-ring (bicyclic) bond motifs is 3. The summed E-state index contributed by atoms with van der Waals surface area (Å²) in [5, 5.41) is 10.7. The average Bonchev–Trinajstić information content (AvgIpc) is 3.17. The number of nitrogens with one attached hydrogen (secondary N) is 3. The predicted octanol–water partition coefficient (Wildman–Crippen LogP) is 6.11. The van der Waals surface area contributed by atoms with E-state index in [9.17, 15) is 4.79 Å². The Balaban J connectivity index is 1.28. The maximum absolute atomic E-state index is 12.3. The zero-order valence-electron chi connectivity index (χ0n) is 17.2. The Bertz CT molecular complexity index is 1310. The van der Waals surface area contributed by atoms with Crippen molar-refractivity contribution in [2.75, 3.05) is 22.6 Å². The molecule has 1 aliphatic rings. The van der Waals surface area contributed by atoms with E-state index in [1.807, 2.05) is 43.3 Å². The number of hydrogen-bond acceptors (Lipinski definition) is 6. The predicted molar refractivity (Wildman–Crippen MR) is 129 cm³/mol. The average molecular weight is 466 g/mol. The van der Waals surface area contributed by atoms with Gasteiger partial charge in [-0.1, -0.05) is 17.7 Å². The third kappa shape index (κ3) is 4.25. The molecule has 0 radical (unpaired) electrons. The van der Waals surface area contributed by atoms with Gasteiger partial charge in [0.25, 0.3) is 0 Å². The third-order valence-corrected chi connectivity index (χ3v) is 6.76. The van der Waals surface area contributed by atoms with E-state index in [1.54, 1.807) is 23.7 Å². The van der Waals surface area contributed by atoms with E-state index in [2.05, 4.69) is 25.9 Å². The molecule has 2 aromatic heterocycles. The number of rotatable bonds is 4. The molecule has 0 saturated heterocycles. The minimum atomic E-state index is -0.338. The fraction of sp³-hybridized carbons (Fsp3) is 0.174. The van der Waals surface area contributed by atoms with E-state index in [1.165, 1.54) is 10.4 Å². The molecule has 2 aromatic carbocycles. The number of ether oxygens (including phenoxy) is 1. The smallest absolute Gasteiger partial charge is 0.323 e. The summed E-state index contributed by atoms with van der Waals surface area (Å²) in [5.41, 5.74) is 4.40. The molecule has 0 fully saturated rings. The zero-order valence-corrected chi connectivity index (χ0v) is 18.8. The number of carbonyl (C=O) groups excluding carboxylic acids is 1. The van der Waals surface area contributed by atoms with Crippen molar-refractivity contribution in [2.45, 2.75) is 20.0 Å². The SMILES string of the molecule is Cc1ccc(NC(=O)Nc2ccc(Nc3ncnc4sc5c(c34)CCOC5)cc2)cc1Cl. The molecule has 0 bridgehead atoms. The highest BCUT2D eigenvalue weighted by Crippen LogP contribution is 2.37. The molecular weight excluding hydrogens is 446 g/mol. The highest BCUT2D eigenvalue weighted by molar-refractivity contribution is 7.18. The van der Waals surface area contributed by atoms with Crippen LogP contribution in [0.4, 0.5) is 27.7 Å². The van der Waals surface area contributed by atoms with Crippen LogP contribution in [0.1, 0.15) is 16.0 Å². The van der Waals surface area contributed by atoms with Crippen molar-refractivity contribution in [3.63, 3.8) is 0 Å². The monoisotopic (exact) mass is 465 g/mol. The van der Waals surface area contributed by atoms with Gasteiger partial charge in [0, 0.05) is 27.0 Å². The van der Waals surface area contributed by atoms with Gasteiger partial charge in [0.1, 0.15) is 17.0 Å². The van der Waals surface area contributed by atoms with Crippen molar-refractivity contribution < 1.29 is 9.53 Å². The molecule has 7 nitrogen and oxygen atoms in total. The van der Waals surface area contributed by atoms with Gasteiger partial charge < -0.3 is 20.7 Å². The summed E-state index contributed by atoms with van der Waals surface area (Å²) in [6.07, 6.45) is 2.44. The van der Waals surface area contributed by atoms with E-state index in [0.717, 1.165) is 33.7 Å². The van der Waals surface area contributed by atoms with Gasteiger partial charge in [-0.2, -0.15) is 0 Å². The Morgan fingerprint density at radius 2 is 1.81 bits per heavy atom. The maximum atomic E-state index is 12.3. The van der Waals surface area contributed by atoms with Crippen molar-refractivity contribution in [2.24, 2.45) is 0 Å². The highest BCUT2D eigenvalue weighted by atomic mass is 35.5. The quantitative estimate of drug-likeness (QED) is 0.338. The lowest BCUT2D eigenvalue weighted by atomic mass is 10.1. The number of hydrogen-bond donors (Lipinski definition) is 3. The summed E-state index contributed by atoms with van der Waals surface area (Å²) >= 11 is 7.77. The summed E-state index contributed by atoms with van der Waals surface area (Å²) < 4.78 is 5.57. The van der Waals surface area contributed by atoms with Gasteiger partial charge >= 0.3 is 6.03 Å². The first-order valence-electron chi connectivity index (χ1n) is 10.1. The van der Waals surface area contributed by atoms with E-state index in [4.69, 9.17) is 16.3 Å². The summed E-state index contributed by atoms with van der Waals surface area (Å²) in [6.45, 7) is 3.26. The Hall–Kier alpha value is -3.20. The number of anilines is 4. The molecular formula is C23H20ClN5O2S. The summed E-state index contributed by atoms with van der Waals surface area (Å²) in [5.74, 6) is 0.782. The first-order valence-corrected chi connectivity index (χ1v) is 11.3. The van der Waals surface area contributed by atoms with E-state index >= 15 is 0 Å². The number of benzene rings is 2. The number of nitrogens with zero attached hydrogens (tertiary/aromatic N) is 2. The molecule has 0 unspecified atom stereocenters. The molecule has 9 heteroatoms. The number of aromatic nitrogens is 2. The summed E-state index contributed by atoms with van der Waals surface area (Å²) in [7, 11) is 0. The van der Waals surface area contributed by atoms with Crippen LogP contribution in [0.15, 0.2) is 48.8 Å². The lowest BCUT2D eigenvalue weighted by Gasteiger charge is -2.13. The van der Waals surface area contributed by atoms with Crippen LogP contribution in [0.3, 0.4) is 0 Å². The van der Waals surface area contributed by atoms with Crippen molar-refractivity contribution >= 4 is 62.1 Å². The fourth-order valence-electron chi connectivity index (χ4n) is 3.59. The van der Waals surface area contributed by atoms with Gasteiger partial charge in [0.15, 0.2) is 0 Å². The van der Waals surface area contributed by atoms with Crippen molar-refractivity contribution in [3.05, 3.63) is 69.8 Å². The standard InChI is InChI=1S/C23H20ClN5O2S/c1-13-2-3-16(10-18(13)24)29-23(30)28-15-6-4-14(5-7-15)27-21-20-17-8-9-31-11-19(17)32-22(20)26-12-25-21/h2-7,10,12H,8-9,11H2,1H3,(H,25,26,27)(H2,28,29,30). The molecule has 32 heavy (non-hydrogen) atoms. The first-order chi connectivity index (χ1) is 15.6. The molecule has 1 aliphatic heterocycles. The number of thiophene rings is 1. The number of amides is 2. The Labute approximate surface area is 193 Å². The molecule has 0 spiro atoms. The van der Waals surface area contributed by atoms with Crippen molar-refractivity contribution in [3.8, 4) is 0 Å². The Kier molecular flexibility index (Phi) is 5.65. The molecule has 2 amide bonds. The van der Waals surface area contributed by atoms with Crippen LogP contribution in [0.25, 0.3) is 10.2 Å². The van der Waals surface area contributed by atoms with Crippen LogP contribution >= 0.6 is 22.9 Å². The molecule has 0 atom stereocenters. The van der Waals surface area contributed by atoms with Gasteiger partial charge in [-0.25, -0.2) is 14.8 Å². The Morgan fingerprint density at radius 1 is 1.06 bits per heavy atom. The van der Waals surface area contributed by atoms with Crippen molar-refractivity contribution in [1.82, 2.24) is 9.97 Å². The van der Waals surface area contributed by atoms with Crippen LogP contribution in [-0.4, -0.2) is 22.6 Å². The van der Waals surface area contributed by atoms with Crippen LogP contribution in [0.2, 0.25) is 5.02 Å². The van der Waals surface area contributed by atoms with Gasteiger partial charge in [0.05, 0.1) is 18.6 Å². The van der Waals surface area contributed by atoms with Crippen LogP contribution in [0.5, 0.6) is 0 Å². The van der Waals surface area contributed by atoms with Gasteiger partial charge in [0.2, 0.25) is 0 Å². The minimum Gasteiger partial charge on any atom is -0.376 e. The summed E-state index contributed by atoms with van der Waals surface area (Å²) in [6, 6.07) is 12.5. The zero-order chi connectivity index (χ0) is 22.1. The number of halogens is 1. The maximum Gasteiger partial charge on any atom is 0.323 e. The lowest BCUT2D eigenvalue weighted by molar-refractivity contribution is 0.114. The lowest BCUT2D eigenvalue weighted by Crippen LogP contribution is -2.19. The number of carbonyl (C=O) groups is 1. The van der Waals surface area contributed by atoms with Crippen LogP contribution in [0, 0.1) is 6.92 Å². The summed E-state index contributed by atoms with van der Waals surface area (Å²) in [4.78, 5) is 23.4. The normalized spacial score (nSPS) is 12.9. The topological polar surface area (TPSA) is 88.2 Å². The van der Waals surface area contributed by atoms with Gasteiger partial charge in [-0.15, -0.1) is 11.3 Å². The van der Waals surface area contributed by atoms with Crippen LogP contribution < -0.4 is 16.0 Å². The number of aryl methyl sites for hydroxylation is 1. The molecule has 3 heterocycles. The molecule has 3 N–H and O–H groups in total. The van der Waals surface area contributed by atoms with Gasteiger partial charge in [-0.3, -0.25) is 0 Å². The van der Waals surface area contributed by atoms with E-state index in [-0.39, 0.29) is 6.03 Å². The molecule has 0 saturated carbocycles. The number of urea groups is 1. The third-order valence-electron chi connectivity index (χ3n) is 5.24. The second-order valence-electron chi connectivity index (χ2n) is 7.45. The van der Waals surface area contributed by atoms with E-state index in [0.29, 0.717) is 29.6 Å². The largest absolute Gasteiger partial charge is 0.376 e. The molecule has 162 valence electrons. The first kappa shape index (κ1) is 20.7. The second-order valence-corrected chi connectivity index (χ2v) is 8.95. The van der Waals surface area contributed by atoms with Gasteiger partial charge in [-0.05, 0) is 60.9 Å². The molecule has 0 aliphatic carbocycles. The molecule has 5 rings (SSSR count). The highest BCUT2D eigenvalue weighted by Gasteiger charge is 2.20. The van der Waals surface area contributed by atoms with E-state index < -0.39 is 0 Å². The van der Waals surface area contributed by atoms with Crippen LogP contribution in [-0.2, 0) is 17.8 Å². The molecule has 4 aromatic rings. The fourth-order valence-corrected chi connectivity index (χ4v) is 4.89. The Morgan fingerprint density at radius 3 is 2.62 bits per heavy atom. The van der Waals surface area contributed by atoms with Crippen molar-refractivity contribution in [1.29, 1.82) is 0 Å².